The maximum Gasteiger partial charge on any atom is 0.251 e. The van der Waals surface area contributed by atoms with E-state index >= 15 is 0 Å². The summed E-state index contributed by atoms with van der Waals surface area (Å²) < 4.78 is 5.07. The van der Waals surface area contributed by atoms with E-state index in [1.165, 1.54) is 0 Å². The average molecular weight is 275 g/mol. The Hall–Kier alpha value is -1.65. The second-order valence-electron chi connectivity index (χ2n) is 4.34. The first kappa shape index (κ1) is 13.8. The van der Waals surface area contributed by atoms with E-state index in [1.54, 1.807) is 18.4 Å². The summed E-state index contributed by atoms with van der Waals surface area (Å²) in [4.78, 5) is 13.3. The van der Waals surface area contributed by atoms with Crippen LogP contribution in [0.2, 0.25) is 0 Å². The van der Waals surface area contributed by atoms with Crippen molar-refractivity contribution >= 4 is 17.2 Å². The molecule has 1 amide bonds. The Morgan fingerprint density at radius 3 is 2.89 bits per heavy atom. The van der Waals surface area contributed by atoms with E-state index in [0.29, 0.717) is 12.2 Å². The number of carbonyl (C=O) groups excluding carboxylic acids is 1. The number of rotatable bonds is 5. The van der Waals surface area contributed by atoms with Gasteiger partial charge in [-0.25, -0.2) is 0 Å². The van der Waals surface area contributed by atoms with Gasteiger partial charge in [0.2, 0.25) is 0 Å². The standard InChI is InChI=1S/C15H17NO2S/c1-11(14-7-4-8-19-14)16-15(17)13-6-3-5-12(9-13)10-18-2/h3-9,11H,10H2,1-2H3,(H,16,17). The molecule has 1 unspecified atom stereocenters. The van der Waals surface area contributed by atoms with Crippen molar-refractivity contribution in [2.75, 3.05) is 7.11 Å². The Balaban J connectivity index is 2.05. The highest BCUT2D eigenvalue weighted by atomic mass is 32.1. The molecule has 1 N–H and O–H groups in total. The number of carbonyl (C=O) groups is 1. The highest BCUT2D eigenvalue weighted by Gasteiger charge is 2.12. The van der Waals surface area contributed by atoms with Crippen LogP contribution in [-0.2, 0) is 11.3 Å². The van der Waals surface area contributed by atoms with Gasteiger partial charge in [-0.15, -0.1) is 11.3 Å². The van der Waals surface area contributed by atoms with Crippen LogP contribution in [0.15, 0.2) is 41.8 Å². The molecule has 3 nitrogen and oxygen atoms in total. The van der Waals surface area contributed by atoms with E-state index in [1.807, 2.05) is 48.7 Å². The second-order valence-corrected chi connectivity index (χ2v) is 5.32. The van der Waals surface area contributed by atoms with Crippen molar-refractivity contribution in [3.05, 3.63) is 57.8 Å². The van der Waals surface area contributed by atoms with E-state index in [-0.39, 0.29) is 11.9 Å². The normalized spacial score (nSPS) is 12.1. The van der Waals surface area contributed by atoms with Crippen molar-refractivity contribution in [3.63, 3.8) is 0 Å². The molecule has 2 aromatic rings. The number of amides is 1. The van der Waals surface area contributed by atoms with Gasteiger partial charge in [0, 0.05) is 17.6 Å². The largest absolute Gasteiger partial charge is 0.380 e. The minimum atomic E-state index is -0.0566. The van der Waals surface area contributed by atoms with Gasteiger partial charge in [0.05, 0.1) is 12.6 Å². The molecule has 1 aromatic carbocycles. The van der Waals surface area contributed by atoms with Crippen LogP contribution in [0.3, 0.4) is 0 Å². The lowest BCUT2D eigenvalue weighted by molar-refractivity contribution is 0.0940. The zero-order chi connectivity index (χ0) is 13.7. The predicted molar refractivity (Wildman–Crippen MR) is 77.4 cm³/mol. The van der Waals surface area contributed by atoms with Gasteiger partial charge in [-0.2, -0.15) is 0 Å². The van der Waals surface area contributed by atoms with E-state index < -0.39 is 0 Å². The van der Waals surface area contributed by atoms with Crippen molar-refractivity contribution in [3.8, 4) is 0 Å². The van der Waals surface area contributed by atoms with Gasteiger partial charge in [-0.3, -0.25) is 4.79 Å². The van der Waals surface area contributed by atoms with E-state index in [0.717, 1.165) is 10.4 Å². The fraction of sp³-hybridized carbons (Fsp3) is 0.267. The highest BCUT2D eigenvalue weighted by molar-refractivity contribution is 7.10. The monoisotopic (exact) mass is 275 g/mol. The fourth-order valence-corrected chi connectivity index (χ4v) is 2.59. The lowest BCUT2D eigenvalue weighted by Gasteiger charge is -2.12. The molecular weight excluding hydrogens is 258 g/mol. The van der Waals surface area contributed by atoms with Gasteiger partial charge < -0.3 is 10.1 Å². The zero-order valence-corrected chi connectivity index (χ0v) is 11.9. The van der Waals surface area contributed by atoms with Crippen LogP contribution in [-0.4, -0.2) is 13.0 Å². The summed E-state index contributed by atoms with van der Waals surface area (Å²) in [5.41, 5.74) is 1.66. The molecule has 0 spiro atoms. The molecule has 1 heterocycles. The molecule has 1 atom stereocenters. The maximum atomic E-state index is 12.2. The highest BCUT2D eigenvalue weighted by Crippen LogP contribution is 2.18. The molecule has 4 heteroatoms. The number of benzene rings is 1. The van der Waals surface area contributed by atoms with Gasteiger partial charge in [0.15, 0.2) is 0 Å². The second kappa shape index (κ2) is 6.50. The minimum absolute atomic E-state index is 0.0265. The molecule has 19 heavy (non-hydrogen) atoms. The number of nitrogens with one attached hydrogen (secondary N) is 1. The van der Waals surface area contributed by atoms with Gasteiger partial charge in [-0.05, 0) is 36.1 Å². The third-order valence-electron chi connectivity index (χ3n) is 2.82. The predicted octanol–water partition coefficient (Wildman–Crippen LogP) is 3.39. The molecule has 0 saturated heterocycles. The first-order valence-electron chi connectivity index (χ1n) is 6.13. The van der Waals surface area contributed by atoms with Crippen LogP contribution >= 0.6 is 11.3 Å². The molecule has 0 radical (unpaired) electrons. The molecule has 0 fully saturated rings. The van der Waals surface area contributed by atoms with Crippen molar-refractivity contribution in [1.29, 1.82) is 0 Å². The van der Waals surface area contributed by atoms with E-state index in [2.05, 4.69) is 5.32 Å². The number of ether oxygens (including phenoxy) is 1. The Morgan fingerprint density at radius 1 is 1.37 bits per heavy atom. The summed E-state index contributed by atoms with van der Waals surface area (Å²) in [5.74, 6) is -0.0566. The molecule has 0 bridgehead atoms. The lowest BCUT2D eigenvalue weighted by atomic mass is 10.1. The Labute approximate surface area is 117 Å². The Morgan fingerprint density at radius 2 is 2.21 bits per heavy atom. The number of hydrogen-bond donors (Lipinski definition) is 1. The van der Waals surface area contributed by atoms with Crippen LogP contribution in [0, 0.1) is 0 Å². The van der Waals surface area contributed by atoms with E-state index in [4.69, 9.17) is 4.74 Å². The van der Waals surface area contributed by atoms with Crippen LogP contribution in [0.25, 0.3) is 0 Å². The first-order valence-corrected chi connectivity index (χ1v) is 7.01. The Bertz CT molecular complexity index is 537. The fourth-order valence-electron chi connectivity index (χ4n) is 1.86. The average Bonchev–Trinajstić information content (AvgIpc) is 2.93. The zero-order valence-electron chi connectivity index (χ0n) is 11.1. The summed E-state index contributed by atoms with van der Waals surface area (Å²) in [6.07, 6.45) is 0. The smallest absolute Gasteiger partial charge is 0.251 e. The van der Waals surface area contributed by atoms with Crippen LogP contribution in [0.1, 0.15) is 33.8 Å². The number of thiophene rings is 1. The van der Waals surface area contributed by atoms with Gasteiger partial charge in [0.1, 0.15) is 0 Å². The SMILES string of the molecule is COCc1cccc(C(=O)NC(C)c2cccs2)c1. The lowest BCUT2D eigenvalue weighted by Crippen LogP contribution is -2.26. The quantitative estimate of drug-likeness (QED) is 0.908. The van der Waals surface area contributed by atoms with Crippen LogP contribution in [0.5, 0.6) is 0 Å². The molecular formula is C15H17NO2S. The summed E-state index contributed by atoms with van der Waals surface area (Å²) in [7, 11) is 1.64. The number of hydrogen-bond acceptors (Lipinski definition) is 3. The molecule has 0 aliphatic heterocycles. The molecule has 0 aliphatic carbocycles. The minimum Gasteiger partial charge on any atom is -0.380 e. The summed E-state index contributed by atoms with van der Waals surface area (Å²) in [6.45, 7) is 2.50. The van der Waals surface area contributed by atoms with Gasteiger partial charge in [-0.1, -0.05) is 18.2 Å². The van der Waals surface area contributed by atoms with Gasteiger partial charge in [0.25, 0.3) is 5.91 Å². The molecule has 100 valence electrons. The molecule has 0 aliphatic rings. The van der Waals surface area contributed by atoms with Crippen LogP contribution < -0.4 is 5.32 Å². The molecule has 2 rings (SSSR count). The molecule has 0 saturated carbocycles. The molecule has 1 aromatic heterocycles. The topological polar surface area (TPSA) is 38.3 Å². The van der Waals surface area contributed by atoms with Crippen molar-refractivity contribution in [2.45, 2.75) is 19.6 Å². The summed E-state index contributed by atoms with van der Waals surface area (Å²) in [5, 5.41) is 5.01. The van der Waals surface area contributed by atoms with Crippen LogP contribution in [0.4, 0.5) is 0 Å². The van der Waals surface area contributed by atoms with Crippen molar-refractivity contribution < 1.29 is 9.53 Å². The third kappa shape index (κ3) is 3.66. The number of methoxy groups -OCH3 is 1. The maximum absolute atomic E-state index is 12.2. The summed E-state index contributed by atoms with van der Waals surface area (Å²) in [6, 6.07) is 11.5. The van der Waals surface area contributed by atoms with Gasteiger partial charge >= 0.3 is 0 Å². The first-order chi connectivity index (χ1) is 9.20. The van der Waals surface area contributed by atoms with Crippen molar-refractivity contribution in [2.24, 2.45) is 0 Å². The summed E-state index contributed by atoms with van der Waals surface area (Å²) >= 11 is 1.64. The third-order valence-corrected chi connectivity index (χ3v) is 3.87. The van der Waals surface area contributed by atoms with E-state index in [9.17, 15) is 4.79 Å². The Kier molecular flexibility index (Phi) is 4.71. The van der Waals surface area contributed by atoms with Crippen molar-refractivity contribution in [1.82, 2.24) is 5.32 Å².